The zero-order valence-electron chi connectivity index (χ0n) is 19.0. The largest absolute Gasteiger partial charge is 0.348 e. The molecule has 1 saturated heterocycles. The smallest absolute Gasteiger partial charge is 0.255 e. The fraction of sp³-hybridized carbons (Fsp3) is 0.375. The number of pyridine rings is 1. The third kappa shape index (κ3) is 4.78. The van der Waals surface area contributed by atoms with Gasteiger partial charge in [-0.05, 0) is 48.9 Å². The predicted octanol–water partition coefficient (Wildman–Crippen LogP) is 1.03. The van der Waals surface area contributed by atoms with Crippen molar-refractivity contribution < 1.29 is 19.2 Å². The summed E-state index contributed by atoms with van der Waals surface area (Å²) in [6.45, 7) is 1.24. The average molecular weight is 450 g/mol. The molecule has 1 atom stereocenters. The van der Waals surface area contributed by atoms with Crippen LogP contribution in [0.5, 0.6) is 0 Å². The maximum Gasteiger partial charge on any atom is 0.255 e. The number of benzene rings is 1. The number of carbonyl (C=O) groups is 4. The molecule has 3 heterocycles. The highest BCUT2D eigenvalue weighted by Gasteiger charge is 2.39. The lowest BCUT2D eigenvalue weighted by atomic mass is 10.0. The van der Waals surface area contributed by atoms with Crippen LogP contribution < -0.4 is 5.32 Å². The van der Waals surface area contributed by atoms with Crippen LogP contribution in [0.15, 0.2) is 36.5 Å². The van der Waals surface area contributed by atoms with E-state index in [0.717, 1.165) is 22.4 Å². The van der Waals surface area contributed by atoms with Gasteiger partial charge in [0.2, 0.25) is 17.7 Å². The minimum atomic E-state index is -0.632. The number of nitrogens with zero attached hydrogens (tertiary/aromatic N) is 4. The molecule has 0 spiro atoms. The summed E-state index contributed by atoms with van der Waals surface area (Å²) in [5.41, 5.74) is 4.08. The number of aromatic nitrogens is 1. The van der Waals surface area contributed by atoms with Crippen LogP contribution in [0.3, 0.4) is 0 Å². The predicted molar refractivity (Wildman–Crippen MR) is 121 cm³/mol. The second kappa shape index (κ2) is 9.11. The fourth-order valence-corrected chi connectivity index (χ4v) is 4.20. The number of piperidine rings is 1. The summed E-state index contributed by atoms with van der Waals surface area (Å²) in [5, 5.41) is 2.32. The van der Waals surface area contributed by atoms with E-state index in [0.29, 0.717) is 31.6 Å². The van der Waals surface area contributed by atoms with Crippen LogP contribution in [-0.2, 0) is 27.5 Å². The molecule has 1 N–H and O–H groups in total. The molecule has 1 aromatic heterocycles. The number of nitrogens with one attached hydrogen (secondary N) is 1. The van der Waals surface area contributed by atoms with Crippen molar-refractivity contribution in [2.75, 3.05) is 27.7 Å². The molecule has 0 radical (unpaired) electrons. The third-order valence-electron chi connectivity index (χ3n) is 6.00. The van der Waals surface area contributed by atoms with Gasteiger partial charge in [0.1, 0.15) is 6.04 Å². The van der Waals surface area contributed by atoms with E-state index in [-0.39, 0.29) is 24.1 Å². The molecule has 9 heteroatoms. The van der Waals surface area contributed by atoms with Gasteiger partial charge in [-0.15, -0.1) is 0 Å². The minimum Gasteiger partial charge on any atom is -0.348 e. The Morgan fingerprint density at radius 3 is 2.67 bits per heavy atom. The average Bonchev–Trinajstić information content (AvgIpc) is 3.09. The van der Waals surface area contributed by atoms with E-state index in [1.54, 1.807) is 31.3 Å². The summed E-state index contributed by atoms with van der Waals surface area (Å²) in [5.74, 6) is -0.875. The van der Waals surface area contributed by atoms with E-state index < -0.39 is 11.9 Å². The molecule has 33 heavy (non-hydrogen) atoms. The first kappa shape index (κ1) is 22.6. The molecule has 0 bridgehead atoms. The maximum absolute atomic E-state index is 12.9. The van der Waals surface area contributed by atoms with Gasteiger partial charge in [0, 0.05) is 50.9 Å². The number of imide groups is 1. The lowest BCUT2D eigenvalue weighted by Gasteiger charge is -2.29. The first-order valence-corrected chi connectivity index (χ1v) is 10.8. The van der Waals surface area contributed by atoms with Crippen LogP contribution >= 0.6 is 0 Å². The summed E-state index contributed by atoms with van der Waals surface area (Å²) < 4.78 is 0. The van der Waals surface area contributed by atoms with Crippen molar-refractivity contribution in [3.63, 3.8) is 0 Å². The van der Waals surface area contributed by atoms with Gasteiger partial charge in [0.15, 0.2) is 0 Å². The molecule has 9 nitrogen and oxygen atoms in total. The highest BCUT2D eigenvalue weighted by Crippen LogP contribution is 2.31. The summed E-state index contributed by atoms with van der Waals surface area (Å²) in [4.78, 5) is 58.1. The molecule has 1 fully saturated rings. The summed E-state index contributed by atoms with van der Waals surface area (Å²) >= 11 is 0. The van der Waals surface area contributed by atoms with Gasteiger partial charge in [0.25, 0.3) is 5.91 Å². The first-order valence-electron chi connectivity index (χ1n) is 10.8. The van der Waals surface area contributed by atoms with Crippen LogP contribution in [-0.4, -0.2) is 77.0 Å². The monoisotopic (exact) mass is 449 g/mol. The van der Waals surface area contributed by atoms with E-state index in [1.165, 1.54) is 4.90 Å². The van der Waals surface area contributed by atoms with Crippen LogP contribution in [0.2, 0.25) is 0 Å². The highest BCUT2D eigenvalue weighted by atomic mass is 16.2. The van der Waals surface area contributed by atoms with E-state index in [2.05, 4.69) is 10.3 Å². The van der Waals surface area contributed by atoms with Crippen LogP contribution in [0.4, 0.5) is 0 Å². The van der Waals surface area contributed by atoms with Gasteiger partial charge >= 0.3 is 0 Å². The Hall–Kier alpha value is -3.59. The highest BCUT2D eigenvalue weighted by molar-refractivity contribution is 6.05. The lowest BCUT2D eigenvalue weighted by Crippen LogP contribution is -2.52. The normalized spacial score (nSPS) is 17.9. The number of rotatable bonds is 6. The number of amides is 4. The van der Waals surface area contributed by atoms with Crippen molar-refractivity contribution in [1.29, 1.82) is 0 Å². The molecule has 4 amide bonds. The maximum atomic E-state index is 12.9. The topological polar surface area (TPSA) is 103 Å². The Morgan fingerprint density at radius 2 is 1.94 bits per heavy atom. The summed E-state index contributed by atoms with van der Waals surface area (Å²) in [6, 6.07) is 8.83. The molecular formula is C24H27N5O4. The lowest BCUT2D eigenvalue weighted by molar-refractivity contribution is -0.137. The third-order valence-corrected chi connectivity index (χ3v) is 6.00. The van der Waals surface area contributed by atoms with Crippen LogP contribution in [0.25, 0.3) is 11.3 Å². The van der Waals surface area contributed by atoms with Crippen molar-refractivity contribution in [3.05, 3.63) is 53.2 Å². The summed E-state index contributed by atoms with van der Waals surface area (Å²) in [7, 11) is 5.37. The number of hydrogen-bond donors (Lipinski definition) is 1. The Kier molecular flexibility index (Phi) is 6.24. The number of hydrogen-bond acceptors (Lipinski definition) is 6. The number of fused-ring (bicyclic) bond motifs is 1. The van der Waals surface area contributed by atoms with E-state index in [4.69, 9.17) is 0 Å². The van der Waals surface area contributed by atoms with Gasteiger partial charge in [-0.25, -0.2) is 0 Å². The standard InChI is InChI=1S/C24H27N5O4/c1-27(2)22(31)14-28(3)12-15-8-9-25-19(10-15)16-4-5-18-17(11-16)13-29(24(18)33)20-6-7-21(30)26-23(20)32/h4-5,8-11,20H,6-7,12-14H2,1-3H3,(H,26,30,32). The Labute approximate surface area is 192 Å². The molecule has 4 rings (SSSR count). The van der Waals surface area contributed by atoms with Gasteiger partial charge in [-0.2, -0.15) is 0 Å². The minimum absolute atomic E-state index is 0.0376. The zero-order valence-corrected chi connectivity index (χ0v) is 19.0. The second-order valence-electron chi connectivity index (χ2n) is 8.78. The molecule has 0 saturated carbocycles. The van der Waals surface area contributed by atoms with Crippen molar-refractivity contribution in [3.8, 4) is 11.3 Å². The molecule has 172 valence electrons. The number of likely N-dealkylation sites (N-methyl/N-ethyl adjacent to an activating group) is 2. The molecule has 1 unspecified atom stereocenters. The van der Waals surface area contributed by atoms with E-state index >= 15 is 0 Å². The fourth-order valence-electron chi connectivity index (χ4n) is 4.20. The van der Waals surface area contributed by atoms with Crippen molar-refractivity contribution in [2.45, 2.75) is 32.0 Å². The Balaban J connectivity index is 1.50. The van der Waals surface area contributed by atoms with Gasteiger partial charge in [-0.3, -0.25) is 34.4 Å². The Morgan fingerprint density at radius 1 is 1.15 bits per heavy atom. The summed E-state index contributed by atoms with van der Waals surface area (Å²) in [6.07, 6.45) is 2.30. The molecular weight excluding hydrogens is 422 g/mol. The van der Waals surface area contributed by atoms with Gasteiger partial charge < -0.3 is 9.80 Å². The van der Waals surface area contributed by atoms with Crippen LogP contribution in [0.1, 0.15) is 34.3 Å². The van der Waals surface area contributed by atoms with Gasteiger partial charge in [-0.1, -0.05) is 6.07 Å². The SMILES string of the molecule is CN(CC(=O)N(C)C)Cc1ccnc(-c2ccc3c(c2)CN(C2CCC(=O)NC2=O)C3=O)c1. The van der Waals surface area contributed by atoms with Crippen molar-refractivity contribution in [2.24, 2.45) is 0 Å². The molecule has 2 aliphatic heterocycles. The molecule has 0 aliphatic carbocycles. The Bertz CT molecular complexity index is 1130. The van der Waals surface area contributed by atoms with Crippen LogP contribution in [0, 0.1) is 0 Å². The molecule has 1 aromatic carbocycles. The second-order valence-corrected chi connectivity index (χ2v) is 8.78. The van der Waals surface area contributed by atoms with Crippen molar-refractivity contribution in [1.82, 2.24) is 25.0 Å². The number of carbonyl (C=O) groups excluding carboxylic acids is 4. The van der Waals surface area contributed by atoms with Gasteiger partial charge in [0.05, 0.1) is 12.2 Å². The zero-order chi connectivity index (χ0) is 23.7. The van der Waals surface area contributed by atoms with E-state index in [1.807, 2.05) is 36.2 Å². The van der Waals surface area contributed by atoms with Crippen molar-refractivity contribution >= 4 is 23.6 Å². The molecule has 2 aromatic rings. The quantitative estimate of drug-likeness (QED) is 0.661. The van der Waals surface area contributed by atoms with E-state index in [9.17, 15) is 19.2 Å². The first-order chi connectivity index (χ1) is 15.7. The molecule has 2 aliphatic rings.